The highest BCUT2D eigenvalue weighted by Gasteiger charge is 2.49. The molecule has 4 aromatic rings. The molecule has 4 atom stereocenters. The highest BCUT2D eigenvalue weighted by molar-refractivity contribution is 7.16. The summed E-state index contributed by atoms with van der Waals surface area (Å²) in [4.78, 5) is 15.3. The number of aromatic nitrogens is 5. The zero-order chi connectivity index (χ0) is 32.7. The van der Waals surface area contributed by atoms with Crippen LogP contribution < -0.4 is 10.6 Å². The van der Waals surface area contributed by atoms with E-state index < -0.39 is 17.4 Å². The number of hydrogen-bond acceptors (Lipinski definition) is 11. The van der Waals surface area contributed by atoms with Crippen LogP contribution in [0.3, 0.4) is 0 Å². The molecule has 4 unspecified atom stereocenters. The van der Waals surface area contributed by atoms with Crippen molar-refractivity contribution in [1.29, 1.82) is 5.26 Å². The van der Waals surface area contributed by atoms with Crippen LogP contribution in [0.5, 0.6) is 0 Å². The van der Waals surface area contributed by atoms with Gasteiger partial charge in [-0.3, -0.25) is 0 Å². The smallest absolute Gasteiger partial charge is 0.268 e. The first-order valence-corrected chi connectivity index (χ1v) is 17.5. The SMILES string of the molecule is CC(C1CCCN1C)n1ncc2c(N3CCCC(O)(C(F)F)C3)nc(-c3noc4c3CCCC43CCCc4sc(N)c(C#N)c43)nc21. The summed E-state index contributed by atoms with van der Waals surface area (Å²) in [7, 11) is 2.12. The molecule has 2 saturated heterocycles. The second kappa shape index (κ2) is 11.2. The van der Waals surface area contributed by atoms with Gasteiger partial charge in [-0.2, -0.15) is 10.4 Å². The van der Waals surface area contributed by atoms with E-state index in [2.05, 4.69) is 30.1 Å². The lowest BCUT2D eigenvalue weighted by molar-refractivity contribution is -0.101. The van der Waals surface area contributed by atoms with E-state index in [4.69, 9.17) is 25.3 Å². The molecule has 11 nitrogen and oxygen atoms in total. The molecular formula is C33H39F2N9O2S. The molecule has 6 heterocycles. The monoisotopic (exact) mass is 663 g/mol. The van der Waals surface area contributed by atoms with Crippen LogP contribution in [0.4, 0.5) is 19.6 Å². The number of piperidine rings is 1. The normalized spacial score (nSPS) is 27.0. The summed E-state index contributed by atoms with van der Waals surface area (Å²) in [5.74, 6) is 1.55. The largest absolute Gasteiger partial charge is 0.389 e. The van der Waals surface area contributed by atoms with Crippen molar-refractivity contribution in [2.45, 2.75) is 101 Å². The van der Waals surface area contributed by atoms with E-state index >= 15 is 0 Å². The van der Waals surface area contributed by atoms with Gasteiger partial charge in [-0.05, 0) is 90.3 Å². The fraction of sp³-hybridized carbons (Fsp3) is 0.606. The minimum Gasteiger partial charge on any atom is -0.389 e. The molecule has 0 radical (unpaired) electrons. The number of thiophene rings is 1. The van der Waals surface area contributed by atoms with Crippen LogP contribution in [0.25, 0.3) is 22.6 Å². The first kappa shape index (κ1) is 30.7. The number of β-amino-alcohol motifs (C(OH)–C–C–N with tert-alkyl or cyclic N) is 1. The minimum atomic E-state index is -2.88. The number of likely N-dealkylation sites (tertiary alicyclic amines) is 1. The number of rotatable bonds is 5. The Morgan fingerprint density at radius 1 is 1.15 bits per heavy atom. The number of aryl methyl sites for hydroxylation is 1. The summed E-state index contributed by atoms with van der Waals surface area (Å²) in [6.07, 6.45) is 6.47. The van der Waals surface area contributed by atoms with Gasteiger partial charge in [-0.25, -0.2) is 23.4 Å². The number of aliphatic hydroxyl groups is 1. The molecule has 0 amide bonds. The zero-order valence-corrected chi connectivity index (χ0v) is 27.5. The molecule has 8 rings (SSSR count). The molecule has 47 heavy (non-hydrogen) atoms. The third kappa shape index (κ3) is 4.60. The van der Waals surface area contributed by atoms with Gasteiger partial charge in [0.05, 0.1) is 35.1 Å². The Hall–Kier alpha value is -3.67. The van der Waals surface area contributed by atoms with Gasteiger partial charge in [0.1, 0.15) is 22.5 Å². The minimum absolute atomic E-state index is 0.00134. The van der Waals surface area contributed by atoms with Gasteiger partial charge in [-0.15, -0.1) is 11.3 Å². The number of fused-ring (bicyclic) bond motifs is 5. The van der Waals surface area contributed by atoms with E-state index in [0.717, 1.165) is 73.3 Å². The molecule has 0 aromatic carbocycles. The van der Waals surface area contributed by atoms with Crippen LogP contribution in [0.2, 0.25) is 0 Å². The van der Waals surface area contributed by atoms with Crippen molar-refractivity contribution in [3.63, 3.8) is 0 Å². The Kier molecular flexibility index (Phi) is 7.31. The van der Waals surface area contributed by atoms with Gasteiger partial charge in [0, 0.05) is 23.0 Å². The molecule has 14 heteroatoms. The standard InChI is InChI=1S/C33H39F2N9O2S/c1-18(22-8-5-13-42(22)2)44-30-21(16-38-44)29(43-14-6-12-33(45,17-43)31(34)35)39-28(40-30)25-19-7-3-10-32(26(19)46-41-25)11-4-9-23-24(32)20(15-36)27(37)47-23/h16,18,22,31,45H,3-14,17,37H2,1-2H3. The van der Waals surface area contributed by atoms with Gasteiger partial charge < -0.3 is 25.2 Å². The lowest BCUT2D eigenvalue weighted by Crippen LogP contribution is -2.53. The number of likely N-dealkylation sites (N-methyl/N-ethyl adjacent to an activating group) is 1. The summed E-state index contributed by atoms with van der Waals surface area (Å²) in [6, 6.07) is 2.64. The number of nitriles is 1. The van der Waals surface area contributed by atoms with Crippen molar-refractivity contribution < 1.29 is 18.4 Å². The molecule has 248 valence electrons. The van der Waals surface area contributed by atoms with Crippen molar-refractivity contribution in [3.8, 4) is 17.6 Å². The fourth-order valence-corrected chi connectivity index (χ4v) is 10.1. The van der Waals surface area contributed by atoms with Crippen LogP contribution in [0.15, 0.2) is 10.7 Å². The molecule has 0 bridgehead atoms. The molecule has 2 aliphatic carbocycles. The average molecular weight is 664 g/mol. The lowest BCUT2D eigenvalue weighted by Gasteiger charge is -2.39. The topological polar surface area (TPSA) is 146 Å². The second-order valence-corrected chi connectivity index (χ2v) is 15.1. The highest BCUT2D eigenvalue weighted by atomic mass is 32.1. The second-order valence-electron chi connectivity index (χ2n) is 13.9. The van der Waals surface area contributed by atoms with Gasteiger partial charge in [-0.1, -0.05) is 5.16 Å². The van der Waals surface area contributed by atoms with E-state index in [1.54, 1.807) is 11.1 Å². The van der Waals surface area contributed by atoms with Gasteiger partial charge in [0.25, 0.3) is 6.43 Å². The Bertz CT molecular complexity index is 1890. The summed E-state index contributed by atoms with van der Waals surface area (Å²) in [5, 5.41) is 31.6. The predicted molar refractivity (Wildman–Crippen MR) is 174 cm³/mol. The van der Waals surface area contributed by atoms with Crippen molar-refractivity contribution in [2.24, 2.45) is 0 Å². The van der Waals surface area contributed by atoms with E-state index in [1.165, 1.54) is 11.3 Å². The van der Waals surface area contributed by atoms with Crippen molar-refractivity contribution in [2.75, 3.05) is 37.3 Å². The third-order valence-corrected chi connectivity index (χ3v) is 12.3. The van der Waals surface area contributed by atoms with E-state index in [0.29, 0.717) is 58.3 Å². The lowest BCUT2D eigenvalue weighted by atomic mass is 9.63. The van der Waals surface area contributed by atoms with Crippen LogP contribution in [0, 0.1) is 11.3 Å². The molecule has 1 spiro atoms. The molecule has 4 aliphatic rings. The quantitative estimate of drug-likeness (QED) is 0.292. The van der Waals surface area contributed by atoms with E-state index in [9.17, 15) is 19.1 Å². The molecule has 3 N–H and O–H groups in total. The maximum absolute atomic E-state index is 14.1. The summed E-state index contributed by atoms with van der Waals surface area (Å²) in [6.45, 7) is 3.36. The number of nitrogens with zero attached hydrogens (tertiary/aromatic N) is 8. The molecular weight excluding hydrogens is 624 g/mol. The van der Waals surface area contributed by atoms with Crippen LogP contribution in [-0.2, 0) is 18.3 Å². The molecule has 0 saturated carbocycles. The number of nitrogens with two attached hydrogens (primary N) is 1. The first-order chi connectivity index (χ1) is 22.6. The number of halogens is 2. The zero-order valence-electron chi connectivity index (χ0n) is 26.7. The summed E-state index contributed by atoms with van der Waals surface area (Å²) in [5.41, 5.74) is 7.29. The molecule has 2 aliphatic heterocycles. The number of hydrogen-bond donors (Lipinski definition) is 2. The van der Waals surface area contributed by atoms with Gasteiger partial charge in [0.2, 0.25) is 0 Å². The first-order valence-electron chi connectivity index (χ1n) is 16.7. The fourth-order valence-electron chi connectivity index (χ4n) is 8.90. The van der Waals surface area contributed by atoms with E-state index in [-0.39, 0.29) is 25.0 Å². The summed E-state index contributed by atoms with van der Waals surface area (Å²) < 4.78 is 36.3. The Labute approximate surface area is 275 Å². The Morgan fingerprint density at radius 2 is 1.96 bits per heavy atom. The number of nitrogen functional groups attached to an aromatic ring is 1. The highest BCUT2D eigenvalue weighted by Crippen LogP contribution is 2.55. The third-order valence-electron chi connectivity index (χ3n) is 11.2. The number of anilines is 2. The van der Waals surface area contributed by atoms with Crippen molar-refractivity contribution in [3.05, 3.63) is 33.5 Å². The van der Waals surface area contributed by atoms with Crippen LogP contribution in [-0.4, -0.2) is 79.7 Å². The molecule has 2 fully saturated rings. The van der Waals surface area contributed by atoms with Crippen molar-refractivity contribution >= 4 is 33.2 Å². The molecule has 4 aromatic heterocycles. The van der Waals surface area contributed by atoms with Gasteiger partial charge >= 0.3 is 0 Å². The summed E-state index contributed by atoms with van der Waals surface area (Å²) >= 11 is 1.50. The van der Waals surface area contributed by atoms with Crippen molar-refractivity contribution in [1.82, 2.24) is 29.8 Å². The van der Waals surface area contributed by atoms with Gasteiger partial charge in [0.15, 0.2) is 22.9 Å². The van der Waals surface area contributed by atoms with E-state index in [1.807, 2.05) is 4.68 Å². The maximum Gasteiger partial charge on any atom is 0.268 e. The predicted octanol–water partition coefficient (Wildman–Crippen LogP) is 5.21. The Balaban J connectivity index is 1.29. The average Bonchev–Trinajstić information content (AvgIpc) is 3.85. The number of alkyl halides is 2. The van der Waals surface area contributed by atoms with Crippen LogP contribution >= 0.6 is 11.3 Å². The maximum atomic E-state index is 14.1. The van der Waals surface area contributed by atoms with Crippen LogP contribution in [0.1, 0.15) is 91.7 Å². The Morgan fingerprint density at radius 3 is 2.70 bits per heavy atom.